The lowest BCUT2D eigenvalue weighted by Gasteiger charge is -2.32. The van der Waals surface area contributed by atoms with Gasteiger partial charge in [-0.2, -0.15) is 0 Å². The number of hydrogen-bond acceptors (Lipinski definition) is 4. The second-order valence-corrected chi connectivity index (χ2v) is 7.87. The van der Waals surface area contributed by atoms with E-state index in [2.05, 4.69) is 6.07 Å². The Balaban J connectivity index is 2.05. The van der Waals surface area contributed by atoms with E-state index in [9.17, 15) is 24.8 Å². The van der Waals surface area contributed by atoms with E-state index in [1.807, 2.05) is 38.1 Å². The quantitative estimate of drug-likeness (QED) is 0.415. The van der Waals surface area contributed by atoms with E-state index in [1.54, 1.807) is 6.07 Å². The smallest absolute Gasteiger partial charge is 0.326 e. The molecule has 31 heavy (non-hydrogen) atoms. The summed E-state index contributed by atoms with van der Waals surface area (Å²) in [5.74, 6) is -1.29. The normalized spacial score (nSPS) is 16.6. The summed E-state index contributed by atoms with van der Waals surface area (Å²) in [6.45, 7) is 4.41. The van der Waals surface area contributed by atoms with Gasteiger partial charge in [-0.1, -0.05) is 44.2 Å². The van der Waals surface area contributed by atoms with Gasteiger partial charge in [-0.15, -0.1) is 0 Å². The van der Waals surface area contributed by atoms with Crippen LogP contribution < -0.4 is 0 Å². The Morgan fingerprint density at radius 2 is 2.00 bits per heavy atom. The standard InChI is InChI=1S/C24H25N2O5/c1-16(2)18-9-3-4-10-19(18)23-17(8-7-12-20(23)26(30)31)13-14-22(27)25-15-6-5-11-21(25)24(28)29/h3-4,7-10,13-14,16,21H,5-6,11,15H2,1-2H3,(H,28,29)/b14-13+. The molecule has 1 fully saturated rings. The van der Waals surface area contributed by atoms with Gasteiger partial charge in [0.15, 0.2) is 0 Å². The van der Waals surface area contributed by atoms with E-state index in [0.29, 0.717) is 24.1 Å². The van der Waals surface area contributed by atoms with Crippen LogP contribution in [0.4, 0.5) is 5.69 Å². The molecule has 0 bridgehead atoms. The van der Waals surface area contributed by atoms with Gasteiger partial charge in [0.1, 0.15) is 6.04 Å². The average molecular weight is 421 g/mol. The van der Waals surface area contributed by atoms with Crippen molar-refractivity contribution in [3.8, 4) is 11.1 Å². The van der Waals surface area contributed by atoms with Crippen LogP contribution in [0, 0.1) is 16.2 Å². The number of carbonyl (C=O) groups excluding carboxylic acids is 1. The number of likely N-dealkylation sites (tertiary alicyclic amines) is 1. The minimum absolute atomic E-state index is 0.138. The van der Waals surface area contributed by atoms with Crippen molar-refractivity contribution in [2.75, 3.05) is 6.54 Å². The van der Waals surface area contributed by atoms with E-state index in [4.69, 9.17) is 0 Å². The van der Waals surface area contributed by atoms with Gasteiger partial charge in [-0.05, 0) is 54.0 Å². The molecule has 1 aliphatic heterocycles. The second kappa shape index (κ2) is 9.55. The van der Waals surface area contributed by atoms with Gasteiger partial charge in [-0.25, -0.2) is 4.79 Å². The molecule has 1 unspecified atom stereocenters. The summed E-state index contributed by atoms with van der Waals surface area (Å²) in [6, 6.07) is 12.5. The molecule has 7 nitrogen and oxygen atoms in total. The van der Waals surface area contributed by atoms with Gasteiger partial charge in [0, 0.05) is 12.6 Å². The third kappa shape index (κ3) is 4.82. The molecule has 0 saturated carbocycles. The van der Waals surface area contributed by atoms with Gasteiger partial charge in [0.05, 0.1) is 16.6 Å². The summed E-state index contributed by atoms with van der Waals surface area (Å²) < 4.78 is 0. The van der Waals surface area contributed by atoms with Crippen LogP contribution in [0.15, 0.2) is 42.5 Å². The number of carbonyl (C=O) groups is 2. The van der Waals surface area contributed by atoms with Gasteiger partial charge in [-0.3, -0.25) is 14.9 Å². The predicted molar refractivity (Wildman–Crippen MR) is 117 cm³/mol. The van der Waals surface area contributed by atoms with Crippen LogP contribution >= 0.6 is 0 Å². The number of benzene rings is 2. The molecule has 0 aliphatic carbocycles. The number of rotatable bonds is 6. The van der Waals surface area contributed by atoms with Crippen molar-refractivity contribution in [2.24, 2.45) is 0 Å². The highest BCUT2D eigenvalue weighted by Crippen LogP contribution is 2.38. The van der Waals surface area contributed by atoms with Crippen LogP contribution in [0.3, 0.4) is 0 Å². The van der Waals surface area contributed by atoms with Crippen molar-refractivity contribution in [3.05, 3.63) is 69.8 Å². The molecule has 2 aromatic rings. The van der Waals surface area contributed by atoms with Crippen LogP contribution in [-0.2, 0) is 9.59 Å². The van der Waals surface area contributed by atoms with Crippen molar-refractivity contribution < 1.29 is 19.6 Å². The summed E-state index contributed by atoms with van der Waals surface area (Å²) in [5, 5.41) is 21.2. The Bertz CT molecular complexity index is 1030. The molecule has 1 amide bonds. The van der Waals surface area contributed by atoms with Crippen LogP contribution in [0.25, 0.3) is 17.2 Å². The molecule has 1 atom stereocenters. The number of carboxylic acid groups (broad SMARTS) is 1. The summed E-state index contributed by atoms with van der Waals surface area (Å²) >= 11 is 0. The third-order valence-corrected chi connectivity index (χ3v) is 5.52. The number of nitro benzene ring substituents is 1. The maximum absolute atomic E-state index is 12.8. The van der Waals surface area contributed by atoms with E-state index in [0.717, 1.165) is 24.0 Å². The topological polar surface area (TPSA) is 101 Å². The summed E-state index contributed by atoms with van der Waals surface area (Å²) in [6.07, 6.45) is 4.78. The fraction of sp³-hybridized carbons (Fsp3) is 0.333. The SMILES string of the molecule is CC(C)c1ccccc1-c1c([N+](=O)[O-])[c]ccc1/C=C/C(=O)N1CCCCC1C(=O)O. The Kier molecular flexibility index (Phi) is 6.84. The number of nitro groups is 1. The summed E-state index contributed by atoms with van der Waals surface area (Å²) in [7, 11) is 0. The number of piperidine rings is 1. The van der Waals surface area contributed by atoms with Gasteiger partial charge >= 0.3 is 5.97 Å². The van der Waals surface area contributed by atoms with Crippen molar-refractivity contribution in [1.29, 1.82) is 0 Å². The van der Waals surface area contributed by atoms with Crippen LogP contribution in [0.2, 0.25) is 0 Å². The first-order valence-electron chi connectivity index (χ1n) is 10.3. The fourth-order valence-corrected chi connectivity index (χ4v) is 4.01. The Morgan fingerprint density at radius 3 is 2.68 bits per heavy atom. The van der Waals surface area contributed by atoms with Gasteiger partial charge < -0.3 is 10.0 Å². The number of hydrogen-bond donors (Lipinski definition) is 1. The van der Waals surface area contributed by atoms with E-state index in [1.165, 1.54) is 23.1 Å². The van der Waals surface area contributed by atoms with E-state index in [-0.39, 0.29) is 11.6 Å². The maximum Gasteiger partial charge on any atom is 0.326 e. The monoisotopic (exact) mass is 421 g/mol. The summed E-state index contributed by atoms with van der Waals surface area (Å²) in [4.78, 5) is 36.9. The molecule has 3 rings (SSSR count). The molecule has 1 N–H and O–H groups in total. The molecule has 0 spiro atoms. The van der Waals surface area contributed by atoms with Gasteiger partial charge in [0.25, 0.3) is 5.69 Å². The third-order valence-electron chi connectivity index (χ3n) is 5.52. The first-order chi connectivity index (χ1) is 14.8. The molecule has 1 heterocycles. The molecule has 1 saturated heterocycles. The van der Waals surface area contributed by atoms with Crippen molar-refractivity contribution in [3.63, 3.8) is 0 Å². The lowest BCUT2D eigenvalue weighted by atomic mass is 9.89. The average Bonchev–Trinajstić information content (AvgIpc) is 2.77. The first-order valence-corrected chi connectivity index (χ1v) is 10.3. The minimum atomic E-state index is -1.02. The highest BCUT2D eigenvalue weighted by molar-refractivity contribution is 5.96. The molecule has 1 aliphatic rings. The molecular formula is C24H25N2O5. The molecule has 0 aromatic heterocycles. The molecule has 7 heteroatoms. The number of amides is 1. The van der Waals surface area contributed by atoms with Crippen LogP contribution in [0.5, 0.6) is 0 Å². The molecule has 161 valence electrons. The largest absolute Gasteiger partial charge is 0.480 e. The predicted octanol–water partition coefficient (Wildman–Crippen LogP) is 4.66. The maximum atomic E-state index is 12.8. The zero-order valence-electron chi connectivity index (χ0n) is 17.6. The molecule has 2 aromatic carbocycles. The second-order valence-electron chi connectivity index (χ2n) is 7.87. The van der Waals surface area contributed by atoms with E-state index >= 15 is 0 Å². The minimum Gasteiger partial charge on any atom is -0.480 e. The van der Waals surface area contributed by atoms with E-state index < -0.39 is 22.8 Å². The Hall–Kier alpha value is -3.48. The van der Waals surface area contributed by atoms with Crippen molar-refractivity contribution in [1.82, 2.24) is 4.90 Å². The molecular weight excluding hydrogens is 396 g/mol. The molecule has 1 radical (unpaired) electrons. The van der Waals surface area contributed by atoms with Crippen molar-refractivity contribution in [2.45, 2.75) is 45.1 Å². The highest BCUT2D eigenvalue weighted by atomic mass is 16.6. The van der Waals surface area contributed by atoms with Crippen LogP contribution in [-0.4, -0.2) is 39.4 Å². The number of aliphatic carboxylic acids is 1. The lowest BCUT2D eigenvalue weighted by molar-refractivity contribution is -0.384. The fourth-order valence-electron chi connectivity index (χ4n) is 4.01. The Morgan fingerprint density at radius 1 is 1.26 bits per heavy atom. The zero-order chi connectivity index (χ0) is 22.5. The number of nitrogens with zero attached hydrogens (tertiary/aromatic N) is 2. The lowest BCUT2D eigenvalue weighted by Crippen LogP contribution is -2.47. The Labute approximate surface area is 181 Å². The highest BCUT2D eigenvalue weighted by Gasteiger charge is 2.31. The van der Waals surface area contributed by atoms with Crippen molar-refractivity contribution >= 4 is 23.6 Å². The number of carboxylic acids is 1. The zero-order valence-corrected chi connectivity index (χ0v) is 17.6. The summed E-state index contributed by atoms with van der Waals surface area (Å²) in [5.41, 5.74) is 2.41. The van der Waals surface area contributed by atoms with Crippen LogP contribution in [0.1, 0.15) is 50.2 Å². The first kappa shape index (κ1) is 22.2. The van der Waals surface area contributed by atoms with Gasteiger partial charge in [0.2, 0.25) is 5.91 Å².